The van der Waals surface area contributed by atoms with Gasteiger partial charge in [-0.1, -0.05) is 54.6 Å². The van der Waals surface area contributed by atoms with Gasteiger partial charge in [0.1, 0.15) is 12.4 Å². The molecule has 1 amide bonds. The van der Waals surface area contributed by atoms with Crippen LogP contribution in [0.25, 0.3) is 11.6 Å². The molecule has 1 heterocycles. The van der Waals surface area contributed by atoms with E-state index in [0.29, 0.717) is 29.1 Å². The number of halogens is 3. The van der Waals surface area contributed by atoms with Crippen LogP contribution in [0.1, 0.15) is 22.3 Å². The maximum absolute atomic E-state index is 12.9. The summed E-state index contributed by atoms with van der Waals surface area (Å²) in [6, 6.07) is 20.1. The first-order valence-electron chi connectivity index (χ1n) is 8.92. The van der Waals surface area contributed by atoms with E-state index in [1.807, 2.05) is 42.5 Å². The zero-order valence-electron chi connectivity index (χ0n) is 15.2. The number of para-hydroxylation sites is 1. The number of carbonyl (C=O) groups is 1. The molecule has 0 saturated heterocycles. The Kier molecular flexibility index (Phi) is 4.84. The van der Waals surface area contributed by atoms with Crippen molar-refractivity contribution in [3.63, 3.8) is 0 Å². The molecule has 0 atom stereocenters. The minimum Gasteiger partial charge on any atom is -0.488 e. The molecular formula is C23H16F3NO2. The van der Waals surface area contributed by atoms with Gasteiger partial charge in [-0.2, -0.15) is 13.2 Å². The van der Waals surface area contributed by atoms with Gasteiger partial charge < -0.3 is 10.1 Å². The van der Waals surface area contributed by atoms with Gasteiger partial charge in [-0.25, -0.2) is 0 Å². The summed E-state index contributed by atoms with van der Waals surface area (Å²) >= 11 is 0. The van der Waals surface area contributed by atoms with Crippen LogP contribution in [0.4, 0.5) is 18.9 Å². The van der Waals surface area contributed by atoms with E-state index in [9.17, 15) is 18.0 Å². The lowest BCUT2D eigenvalue weighted by Gasteiger charge is -2.10. The average molecular weight is 395 g/mol. The van der Waals surface area contributed by atoms with Crippen LogP contribution in [0, 0.1) is 0 Å². The number of amides is 1. The zero-order chi connectivity index (χ0) is 20.4. The van der Waals surface area contributed by atoms with Crippen LogP contribution in [0.3, 0.4) is 0 Å². The zero-order valence-corrected chi connectivity index (χ0v) is 15.2. The fraction of sp³-hybridized carbons (Fsp3) is 0.0870. The van der Waals surface area contributed by atoms with Gasteiger partial charge in [-0.05, 0) is 29.8 Å². The SMILES string of the molecule is O=C1Nc2cc(C(F)(F)F)ccc2/C1=C/c1ccccc1OCc1ccccc1. The second-order valence-corrected chi connectivity index (χ2v) is 6.58. The summed E-state index contributed by atoms with van der Waals surface area (Å²) in [5, 5.41) is 2.51. The van der Waals surface area contributed by atoms with Crippen LogP contribution < -0.4 is 10.1 Å². The van der Waals surface area contributed by atoms with Crippen LogP contribution in [0.15, 0.2) is 72.8 Å². The molecule has 3 nitrogen and oxygen atoms in total. The van der Waals surface area contributed by atoms with E-state index in [1.54, 1.807) is 18.2 Å². The Hall–Kier alpha value is -3.54. The van der Waals surface area contributed by atoms with Crippen molar-refractivity contribution in [2.75, 3.05) is 5.32 Å². The molecule has 4 rings (SSSR count). The smallest absolute Gasteiger partial charge is 0.416 e. The Bertz CT molecular complexity index is 1090. The Morgan fingerprint density at radius 1 is 0.931 bits per heavy atom. The van der Waals surface area contributed by atoms with Crippen molar-refractivity contribution >= 4 is 23.2 Å². The number of benzene rings is 3. The molecule has 6 heteroatoms. The lowest BCUT2D eigenvalue weighted by atomic mass is 10.0. The Morgan fingerprint density at radius 3 is 2.41 bits per heavy atom. The molecule has 1 aliphatic heterocycles. The van der Waals surface area contributed by atoms with Gasteiger partial charge >= 0.3 is 6.18 Å². The molecule has 3 aromatic carbocycles. The number of ether oxygens (including phenoxy) is 1. The molecule has 1 N–H and O–H groups in total. The minimum absolute atomic E-state index is 0.152. The van der Waals surface area contributed by atoms with Crippen molar-refractivity contribution in [1.29, 1.82) is 0 Å². The molecule has 0 spiro atoms. The van der Waals surface area contributed by atoms with Gasteiger partial charge in [0.25, 0.3) is 5.91 Å². The summed E-state index contributed by atoms with van der Waals surface area (Å²) < 4.78 is 44.7. The first-order valence-corrected chi connectivity index (χ1v) is 8.92. The summed E-state index contributed by atoms with van der Waals surface area (Å²) in [5.41, 5.74) is 1.74. The normalized spacial score (nSPS) is 14.6. The summed E-state index contributed by atoms with van der Waals surface area (Å²) in [4.78, 5) is 12.4. The Labute approximate surface area is 165 Å². The number of nitrogens with one attached hydrogen (secondary N) is 1. The number of anilines is 1. The molecule has 0 unspecified atom stereocenters. The number of fused-ring (bicyclic) bond motifs is 1. The van der Waals surface area contributed by atoms with Gasteiger partial charge in [0.05, 0.1) is 5.56 Å². The maximum Gasteiger partial charge on any atom is 0.416 e. The van der Waals surface area contributed by atoms with Crippen molar-refractivity contribution in [1.82, 2.24) is 0 Å². The average Bonchev–Trinajstić information content (AvgIpc) is 3.02. The van der Waals surface area contributed by atoms with Crippen LogP contribution in [0.2, 0.25) is 0 Å². The number of hydrogen-bond donors (Lipinski definition) is 1. The molecule has 0 aromatic heterocycles. The van der Waals surface area contributed by atoms with Crippen molar-refractivity contribution < 1.29 is 22.7 Å². The summed E-state index contributed by atoms with van der Waals surface area (Å²) in [6.45, 7) is 0.360. The standard InChI is InChI=1S/C23H16F3NO2/c24-23(25,26)17-10-11-18-19(22(28)27-20(18)13-17)12-16-8-4-5-9-21(16)29-14-15-6-2-1-3-7-15/h1-13H,14H2,(H,27,28)/b19-12-. The minimum atomic E-state index is -4.47. The van der Waals surface area contributed by atoms with Crippen LogP contribution in [-0.4, -0.2) is 5.91 Å². The molecule has 3 aromatic rings. The van der Waals surface area contributed by atoms with Crippen molar-refractivity contribution in [3.8, 4) is 5.75 Å². The Balaban J connectivity index is 1.65. The first-order chi connectivity index (χ1) is 13.9. The van der Waals surface area contributed by atoms with E-state index in [0.717, 1.165) is 17.7 Å². The highest BCUT2D eigenvalue weighted by molar-refractivity contribution is 6.35. The Morgan fingerprint density at radius 2 is 1.66 bits per heavy atom. The van der Waals surface area contributed by atoms with Gasteiger partial charge in [0.2, 0.25) is 0 Å². The van der Waals surface area contributed by atoms with E-state index in [4.69, 9.17) is 4.74 Å². The lowest BCUT2D eigenvalue weighted by Crippen LogP contribution is -2.06. The van der Waals surface area contributed by atoms with Gasteiger partial charge in [0, 0.05) is 22.4 Å². The molecule has 0 radical (unpaired) electrons. The molecule has 146 valence electrons. The molecule has 0 aliphatic carbocycles. The molecule has 0 saturated carbocycles. The maximum atomic E-state index is 12.9. The summed E-state index contributed by atoms with van der Waals surface area (Å²) in [6.07, 6.45) is -2.83. The molecule has 29 heavy (non-hydrogen) atoms. The first kappa shape index (κ1) is 18.8. The van der Waals surface area contributed by atoms with E-state index in [1.165, 1.54) is 6.07 Å². The van der Waals surface area contributed by atoms with Gasteiger partial charge in [-0.15, -0.1) is 0 Å². The largest absolute Gasteiger partial charge is 0.488 e. The predicted octanol–water partition coefficient (Wildman–Crippen LogP) is 5.78. The van der Waals surface area contributed by atoms with Gasteiger partial charge in [-0.3, -0.25) is 4.79 Å². The van der Waals surface area contributed by atoms with Crippen LogP contribution in [0.5, 0.6) is 5.75 Å². The third kappa shape index (κ3) is 4.01. The highest BCUT2D eigenvalue weighted by atomic mass is 19.4. The second kappa shape index (κ2) is 7.47. The van der Waals surface area contributed by atoms with E-state index in [2.05, 4.69) is 5.32 Å². The molecule has 1 aliphatic rings. The molecular weight excluding hydrogens is 379 g/mol. The highest BCUT2D eigenvalue weighted by Crippen LogP contribution is 2.39. The molecule has 0 bridgehead atoms. The van der Waals surface area contributed by atoms with Crippen molar-refractivity contribution in [3.05, 3.63) is 95.1 Å². The summed E-state index contributed by atoms with van der Waals surface area (Å²) in [5.74, 6) is 0.134. The predicted molar refractivity (Wildman–Crippen MR) is 105 cm³/mol. The van der Waals surface area contributed by atoms with E-state index < -0.39 is 17.6 Å². The van der Waals surface area contributed by atoms with Crippen molar-refractivity contribution in [2.24, 2.45) is 0 Å². The number of alkyl halides is 3. The lowest BCUT2D eigenvalue weighted by molar-refractivity contribution is -0.137. The van der Waals surface area contributed by atoms with Crippen molar-refractivity contribution in [2.45, 2.75) is 12.8 Å². The molecule has 0 fully saturated rings. The fourth-order valence-corrected chi connectivity index (χ4v) is 3.14. The van der Waals surface area contributed by atoms with E-state index >= 15 is 0 Å². The van der Waals surface area contributed by atoms with Gasteiger partial charge in [0.15, 0.2) is 0 Å². The van der Waals surface area contributed by atoms with Crippen LogP contribution in [-0.2, 0) is 17.6 Å². The summed E-state index contributed by atoms with van der Waals surface area (Å²) in [7, 11) is 0. The third-order valence-electron chi connectivity index (χ3n) is 4.59. The monoisotopic (exact) mass is 395 g/mol. The number of hydrogen-bond acceptors (Lipinski definition) is 2. The fourth-order valence-electron chi connectivity index (χ4n) is 3.14. The van der Waals surface area contributed by atoms with Crippen LogP contribution >= 0.6 is 0 Å². The topological polar surface area (TPSA) is 38.3 Å². The number of rotatable bonds is 4. The number of carbonyl (C=O) groups excluding carboxylic acids is 1. The second-order valence-electron chi connectivity index (χ2n) is 6.58. The highest BCUT2D eigenvalue weighted by Gasteiger charge is 2.33. The quantitative estimate of drug-likeness (QED) is 0.569. The van der Waals surface area contributed by atoms with E-state index in [-0.39, 0.29) is 5.69 Å². The third-order valence-corrected chi connectivity index (χ3v) is 4.59.